The van der Waals surface area contributed by atoms with Gasteiger partial charge in [0.1, 0.15) is 13.2 Å². The molecule has 420 valence electrons. The highest BCUT2D eigenvalue weighted by molar-refractivity contribution is 5.71. The van der Waals surface area contributed by atoms with Crippen LogP contribution in [0.3, 0.4) is 0 Å². The predicted octanol–water partition coefficient (Wildman–Crippen LogP) is 21.4. The lowest BCUT2D eigenvalue weighted by Crippen LogP contribution is -2.30. The van der Waals surface area contributed by atoms with Crippen LogP contribution in [0.4, 0.5) is 0 Å². The van der Waals surface area contributed by atoms with E-state index < -0.39 is 6.10 Å². The molecular weight excluding hydrogens is 889 g/mol. The van der Waals surface area contributed by atoms with Crippen molar-refractivity contribution in [1.82, 2.24) is 0 Å². The summed E-state index contributed by atoms with van der Waals surface area (Å²) in [6.07, 6.45) is 75.5. The van der Waals surface area contributed by atoms with Crippen LogP contribution < -0.4 is 0 Å². The van der Waals surface area contributed by atoms with Crippen LogP contribution in [0, 0.1) is 0 Å². The van der Waals surface area contributed by atoms with E-state index in [1.165, 1.54) is 193 Å². The van der Waals surface area contributed by atoms with Gasteiger partial charge in [-0.1, -0.05) is 288 Å². The topological polar surface area (TPSA) is 78.9 Å². The van der Waals surface area contributed by atoms with Crippen LogP contribution in [-0.4, -0.2) is 37.2 Å². The minimum Gasteiger partial charge on any atom is -0.462 e. The summed E-state index contributed by atoms with van der Waals surface area (Å²) in [6.45, 7) is 6.60. The van der Waals surface area contributed by atoms with Gasteiger partial charge in [-0.2, -0.15) is 0 Å². The molecule has 0 fully saturated rings. The Morgan fingerprint density at radius 1 is 0.278 bits per heavy atom. The van der Waals surface area contributed by atoms with E-state index in [0.717, 1.165) is 103 Å². The largest absolute Gasteiger partial charge is 0.462 e. The molecule has 0 aliphatic rings. The first-order chi connectivity index (χ1) is 35.5. The van der Waals surface area contributed by atoms with Crippen molar-refractivity contribution in [2.75, 3.05) is 13.2 Å². The first-order valence-corrected chi connectivity index (χ1v) is 31.6. The van der Waals surface area contributed by atoms with E-state index in [1.807, 2.05) is 0 Å². The highest BCUT2D eigenvalue weighted by atomic mass is 16.6. The van der Waals surface area contributed by atoms with Crippen LogP contribution in [0.2, 0.25) is 0 Å². The fraction of sp³-hybridized carbons (Fsp3) is 0.833. The van der Waals surface area contributed by atoms with Crippen molar-refractivity contribution >= 4 is 17.9 Å². The summed E-state index contributed by atoms with van der Waals surface area (Å²) in [5.74, 6) is -0.891. The lowest BCUT2D eigenvalue weighted by molar-refractivity contribution is -0.167. The predicted molar refractivity (Wildman–Crippen MR) is 312 cm³/mol. The smallest absolute Gasteiger partial charge is 0.306 e. The molecule has 6 heteroatoms. The number of allylic oxidation sites excluding steroid dienone is 8. The quantitative estimate of drug-likeness (QED) is 0.0261. The van der Waals surface area contributed by atoms with Crippen molar-refractivity contribution in [2.24, 2.45) is 0 Å². The summed E-state index contributed by atoms with van der Waals surface area (Å²) < 4.78 is 16.9. The number of hydrogen-bond acceptors (Lipinski definition) is 6. The van der Waals surface area contributed by atoms with E-state index in [1.54, 1.807) is 0 Å². The number of carbonyl (C=O) groups excluding carboxylic acids is 3. The molecule has 0 aliphatic heterocycles. The van der Waals surface area contributed by atoms with Crippen LogP contribution in [0.1, 0.15) is 335 Å². The van der Waals surface area contributed by atoms with Gasteiger partial charge >= 0.3 is 17.9 Å². The molecule has 6 nitrogen and oxygen atoms in total. The highest BCUT2D eigenvalue weighted by Gasteiger charge is 2.19. The summed E-state index contributed by atoms with van der Waals surface area (Å²) in [4.78, 5) is 38.2. The molecule has 0 N–H and O–H groups in total. The van der Waals surface area contributed by atoms with Crippen molar-refractivity contribution in [3.8, 4) is 0 Å². The SMILES string of the molecule is CCCC/C=C\C/C=C\CCCCCCCC(=O)OCC(COC(=O)CCCCCCCCCCCCCCCCCCCCCCCCCCC)OC(=O)CCCCCCC/C=C\C/C=C\CCCCC. The molecule has 0 aromatic carbocycles. The van der Waals surface area contributed by atoms with Gasteiger partial charge < -0.3 is 14.2 Å². The van der Waals surface area contributed by atoms with E-state index in [0.29, 0.717) is 19.3 Å². The molecule has 0 bridgehead atoms. The molecule has 0 radical (unpaired) electrons. The van der Waals surface area contributed by atoms with Crippen LogP contribution in [-0.2, 0) is 28.6 Å². The van der Waals surface area contributed by atoms with Gasteiger partial charge in [-0.3, -0.25) is 14.4 Å². The number of ether oxygens (including phenoxy) is 3. The zero-order valence-electron chi connectivity index (χ0n) is 48.2. The molecular formula is C66H120O6. The Morgan fingerprint density at radius 3 is 0.833 bits per heavy atom. The first kappa shape index (κ1) is 69.4. The van der Waals surface area contributed by atoms with E-state index in [2.05, 4.69) is 69.4 Å². The minimum absolute atomic E-state index is 0.0803. The molecule has 0 aromatic rings. The molecule has 0 saturated carbocycles. The maximum absolute atomic E-state index is 12.9. The third-order valence-electron chi connectivity index (χ3n) is 14.1. The van der Waals surface area contributed by atoms with Gasteiger partial charge in [0.25, 0.3) is 0 Å². The van der Waals surface area contributed by atoms with Crippen LogP contribution in [0.5, 0.6) is 0 Å². The van der Waals surface area contributed by atoms with Gasteiger partial charge in [0.05, 0.1) is 0 Å². The Hall–Kier alpha value is -2.63. The molecule has 0 heterocycles. The maximum atomic E-state index is 12.9. The lowest BCUT2D eigenvalue weighted by Gasteiger charge is -2.18. The van der Waals surface area contributed by atoms with Gasteiger partial charge in [0.15, 0.2) is 6.10 Å². The minimum atomic E-state index is -0.785. The number of carbonyl (C=O) groups is 3. The van der Waals surface area contributed by atoms with Gasteiger partial charge in [0.2, 0.25) is 0 Å². The number of rotatable bonds is 58. The third kappa shape index (κ3) is 58.3. The second kappa shape index (κ2) is 60.9. The Balaban J connectivity index is 4.25. The van der Waals surface area contributed by atoms with E-state index in [4.69, 9.17) is 14.2 Å². The Bertz CT molecular complexity index is 1250. The zero-order valence-corrected chi connectivity index (χ0v) is 48.2. The number of hydrogen-bond donors (Lipinski definition) is 0. The zero-order chi connectivity index (χ0) is 52.2. The van der Waals surface area contributed by atoms with Crippen LogP contribution in [0.15, 0.2) is 48.6 Å². The maximum Gasteiger partial charge on any atom is 0.306 e. The molecule has 0 rings (SSSR count). The van der Waals surface area contributed by atoms with Crippen LogP contribution in [0.25, 0.3) is 0 Å². The van der Waals surface area contributed by atoms with E-state index in [-0.39, 0.29) is 31.1 Å². The van der Waals surface area contributed by atoms with Crippen molar-refractivity contribution < 1.29 is 28.6 Å². The fourth-order valence-electron chi connectivity index (χ4n) is 9.26. The normalized spacial score (nSPS) is 12.3. The molecule has 0 aliphatic carbocycles. The third-order valence-corrected chi connectivity index (χ3v) is 14.1. The molecule has 0 aromatic heterocycles. The van der Waals surface area contributed by atoms with Crippen molar-refractivity contribution in [3.05, 3.63) is 48.6 Å². The van der Waals surface area contributed by atoms with Crippen molar-refractivity contribution in [1.29, 1.82) is 0 Å². The van der Waals surface area contributed by atoms with Crippen molar-refractivity contribution in [2.45, 2.75) is 341 Å². The first-order valence-electron chi connectivity index (χ1n) is 31.6. The van der Waals surface area contributed by atoms with Gasteiger partial charge in [-0.05, 0) is 77.0 Å². The summed E-state index contributed by atoms with van der Waals surface area (Å²) in [5.41, 5.74) is 0. The molecule has 0 saturated heterocycles. The second-order valence-corrected chi connectivity index (χ2v) is 21.3. The lowest BCUT2D eigenvalue weighted by atomic mass is 10.0. The summed E-state index contributed by atoms with van der Waals surface area (Å²) >= 11 is 0. The Morgan fingerprint density at radius 2 is 0.514 bits per heavy atom. The standard InChI is InChI=1S/C66H120O6/c1-4-7-10-13-16-19-22-25-28-29-30-31-32-33-34-35-36-37-39-41-44-47-50-53-56-59-65(68)71-62-63(61-70-64(67)58-55-52-49-46-43-40-27-24-21-18-15-12-9-6-3)72-66(69)60-57-54-51-48-45-42-38-26-23-20-17-14-11-8-5-2/h15,17-18,20,24,26-27,38,63H,4-14,16,19,21-23,25,28-37,39-62H2,1-3H3/b18-15-,20-17-,27-24-,38-26-. The average molecular weight is 1010 g/mol. The highest BCUT2D eigenvalue weighted by Crippen LogP contribution is 2.17. The van der Waals surface area contributed by atoms with E-state index in [9.17, 15) is 14.4 Å². The fourth-order valence-corrected chi connectivity index (χ4v) is 9.26. The Kier molecular flexibility index (Phi) is 58.7. The molecule has 1 unspecified atom stereocenters. The summed E-state index contributed by atoms with van der Waals surface area (Å²) in [5, 5.41) is 0. The summed E-state index contributed by atoms with van der Waals surface area (Å²) in [7, 11) is 0. The monoisotopic (exact) mass is 1010 g/mol. The number of unbranched alkanes of at least 4 members (excludes halogenated alkanes) is 39. The van der Waals surface area contributed by atoms with Gasteiger partial charge in [-0.25, -0.2) is 0 Å². The molecule has 1 atom stereocenters. The average Bonchev–Trinajstić information content (AvgIpc) is 3.38. The Labute approximate surface area is 448 Å². The van der Waals surface area contributed by atoms with Crippen molar-refractivity contribution in [3.63, 3.8) is 0 Å². The molecule has 0 spiro atoms. The van der Waals surface area contributed by atoms with E-state index >= 15 is 0 Å². The molecule has 0 amide bonds. The van der Waals surface area contributed by atoms with Crippen LogP contribution >= 0.6 is 0 Å². The second-order valence-electron chi connectivity index (χ2n) is 21.3. The molecule has 72 heavy (non-hydrogen) atoms. The summed E-state index contributed by atoms with van der Waals surface area (Å²) in [6, 6.07) is 0. The number of esters is 3. The van der Waals surface area contributed by atoms with Gasteiger partial charge in [-0.15, -0.1) is 0 Å². The van der Waals surface area contributed by atoms with Gasteiger partial charge in [0, 0.05) is 19.3 Å².